The van der Waals surface area contributed by atoms with Crippen LogP contribution in [0, 0.1) is 0 Å². The Hall–Kier alpha value is -2.63. The number of hydrogen-bond donors (Lipinski definition) is 0. The first-order valence-electron chi connectivity index (χ1n) is 32.1. The van der Waals surface area contributed by atoms with E-state index in [0.717, 1.165) is 103 Å². The maximum absolute atomic E-state index is 12.9. The van der Waals surface area contributed by atoms with E-state index >= 15 is 0 Å². The van der Waals surface area contributed by atoms with Crippen LogP contribution in [0.2, 0.25) is 0 Å². The summed E-state index contributed by atoms with van der Waals surface area (Å²) in [7, 11) is 0. The molecule has 0 heterocycles. The van der Waals surface area contributed by atoms with Gasteiger partial charge in [-0.25, -0.2) is 0 Å². The highest BCUT2D eigenvalue weighted by Gasteiger charge is 2.19. The number of esters is 3. The van der Waals surface area contributed by atoms with Gasteiger partial charge in [0.05, 0.1) is 0 Å². The van der Waals surface area contributed by atoms with E-state index in [1.54, 1.807) is 0 Å². The lowest BCUT2D eigenvalue weighted by atomic mass is 10.0. The van der Waals surface area contributed by atoms with E-state index in [1.165, 1.54) is 199 Å². The second kappa shape index (κ2) is 61.9. The van der Waals surface area contributed by atoms with E-state index in [9.17, 15) is 14.4 Å². The molecule has 6 heteroatoms. The molecule has 0 saturated carbocycles. The third-order valence-electron chi connectivity index (χ3n) is 14.3. The van der Waals surface area contributed by atoms with Crippen molar-refractivity contribution in [3.8, 4) is 0 Å². The Kier molecular flexibility index (Phi) is 59.7. The minimum absolute atomic E-state index is 0.0804. The highest BCUT2D eigenvalue weighted by molar-refractivity contribution is 5.71. The van der Waals surface area contributed by atoms with Gasteiger partial charge in [0.2, 0.25) is 0 Å². The monoisotopic (exact) mass is 1020 g/mol. The molecule has 0 bridgehead atoms. The summed E-state index contributed by atoms with van der Waals surface area (Å²) >= 11 is 0. The van der Waals surface area contributed by atoms with Crippen molar-refractivity contribution in [3.05, 3.63) is 48.6 Å². The van der Waals surface area contributed by atoms with Crippen LogP contribution in [0.1, 0.15) is 342 Å². The highest BCUT2D eigenvalue weighted by atomic mass is 16.6. The molecule has 0 aromatic carbocycles. The number of allylic oxidation sites excluding steroid dienone is 8. The van der Waals surface area contributed by atoms with Crippen LogP contribution in [0.4, 0.5) is 0 Å². The van der Waals surface area contributed by atoms with Crippen LogP contribution in [0.15, 0.2) is 48.6 Å². The third-order valence-corrected chi connectivity index (χ3v) is 14.3. The summed E-state index contributed by atoms with van der Waals surface area (Å²) in [6.45, 7) is 6.58. The lowest BCUT2D eigenvalue weighted by Gasteiger charge is -2.18. The summed E-state index contributed by atoms with van der Waals surface area (Å²) in [5.74, 6) is -0.891. The van der Waals surface area contributed by atoms with Gasteiger partial charge in [-0.15, -0.1) is 0 Å². The molecular weight excluding hydrogens is 901 g/mol. The zero-order chi connectivity index (χ0) is 52.9. The minimum atomic E-state index is -0.785. The molecular formula is C67H122O6. The SMILES string of the molecule is CCCC/C=C\C/C=C\CCCCCCCC(=O)OCC(COC(=O)CCCCCCCCCCCCCCCCCCCCCCCCCCCCC)OC(=O)CCCCCCC/C=C\C/C=C\CCCC. The zero-order valence-corrected chi connectivity index (χ0v) is 48.9. The van der Waals surface area contributed by atoms with Gasteiger partial charge < -0.3 is 14.2 Å². The van der Waals surface area contributed by atoms with Crippen molar-refractivity contribution in [2.45, 2.75) is 348 Å². The van der Waals surface area contributed by atoms with Crippen LogP contribution >= 0.6 is 0 Å². The van der Waals surface area contributed by atoms with E-state index in [-0.39, 0.29) is 31.1 Å². The van der Waals surface area contributed by atoms with Crippen LogP contribution in [-0.4, -0.2) is 37.2 Å². The Morgan fingerprint density at radius 2 is 0.507 bits per heavy atom. The van der Waals surface area contributed by atoms with Crippen LogP contribution in [-0.2, 0) is 28.6 Å². The predicted octanol–water partition coefficient (Wildman–Crippen LogP) is 21.8. The fourth-order valence-corrected chi connectivity index (χ4v) is 9.42. The second-order valence-electron chi connectivity index (χ2n) is 21.7. The standard InChI is InChI=1S/C67H122O6/c1-4-7-10-13-16-19-22-25-28-29-30-31-32-33-34-35-36-37-38-39-40-43-45-48-51-54-57-60-66(69)72-63-64(73-67(70)61-58-55-52-49-46-42-27-24-21-18-15-12-9-6-3)62-71-65(68)59-56-53-50-47-44-41-26-23-20-17-14-11-8-5-2/h14-15,17-18,23-24,26-27,64H,4-13,16,19-22,25,28-63H2,1-3H3/b17-14-,18-15-,26-23-,27-24-. The van der Waals surface area contributed by atoms with Gasteiger partial charge >= 0.3 is 17.9 Å². The fourth-order valence-electron chi connectivity index (χ4n) is 9.42. The molecule has 0 aromatic heterocycles. The summed E-state index contributed by atoms with van der Waals surface area (Å²) < 4.78 is 16.9. The molecule has 6 nitrogen and oxygen atoms in total. The van der Waals surface area contributed by atoms with Crippen molar-refractivity contribution in [1.29, 1.82) is 0 Å². The zero-order valence-electron chi connectivity index (χ0n) is 48.9. The molecule has 0 aromatic rings. The Morgan fingerprint density at radius 1 is 0.274 bits per heavy atom. The molecule has 0 amide bonds. The smallest absolute Gasteiger partial charge is 0.306 e. The van der Waals surface area contributed by atoms with E-state index < -0.39 is 6.10 Å². The summed E-state index contributed by atoms with van der Waals surface area (Å²) in [5, 5.41) is 0. The molecule has 0 N–H and O–H groups in total. The molecule has 0 saturated heterocycles. The number of rotatable bonds is 59. The number of carbonyl (C=O) groups excluding carboxylic acids is 3. The van der Waals surface area contributed by atoms with Crippen molar-refractivity contribution >= 4 is 17.9 Å². The number of ether oxygens (including phenoxy) is 3. The van der Waals surface area contributed by atoms with Gasteiger partial charge in [0.15, 0.2) is 6.10 Å². The average molecular weight is 1020 g/mol. The van der Waals surface area contributed by atoms with Gasteiger partial charge in [-0.05, 0) is 70.6 Å². The summed E-state index contributed by atoms with van der Waals surface area (Å²) in [5.41, 5.74) is 0. The van der Waals surface area contributed by atoms with Crippen LogP contribution < -0.4 is 0 Å². The summed E-state index contributed by atoms with van der Waals surface area (Å²) in [6.07, 6.45) is 77.0. The summed E-state index contributed by atoms with van der Waals surface area (Å²) in [6, 6.07) is 0. The lowest BCUT2D eigenvalue weighted by Crippen LogP contribution is -2.30. The van der Waals surface area contributed by atoms with Crippen LogP contribution in [0.5, 0.6) is 0 Å². The molecule has 0 fully saturated rings. The van der Waals surface area contributed by atoms with Crippen LogP contribution in [0.25, 0.3) is 0 Å². The highest BCUT2D eigenvalue weighted by Crippen LogP contribution is 2.18. The molecule has 1 atom stereocenters. The molecule has 0 spiro atoms. The minimum Gasteiger partial charge on any atom is -0.462 e. The predicted molar refractivity (Wildman–Crippen MR) is 316 cm³/mol. The maximum atomic E-state index is 12.9. The first-order valence-corrected chi connectivity index (χ1v) is 32.1. The van der Waals surface area contributed by atoms with Crippen molar-refractivity contribution < 1.29 is 28.6 Å². The Morgan fingerprint density at radius 3 is 0.795 bits per heavy atom. The van der Waals surface area contributed by atoms with Gasteiger partial charge in [-0.1, -0.05) is 301 Å². The van der Waals surface area contributed by atoms with Gasteiger partial charge in [0.25, 0.3) is 0 Å². The first kappa shape index (κ1) is 70.4. The fraction of sp³-hybridized carbons (Fsp3) is 0.836. The van der Waals surface area contributed by atoms with Crippen molar-refractivity contribution in [1.82, 2.24) is 0 Å². The van der Waals surface area contributed by atoms with E-state index in [2.05, 4.69) is 69.4 Å². The topological polar surface area (TPSA) is 78.9 Å². The molecule has 426 valence electrons. The molecule has 1 unspecified atom stereocenters. The van der Waals surface area contributed by atoms with E-state index in [1.807, 2.05) is 0 Å². The number of unbranched alkanes of at least 4 members (excludes halogenated alkanes) is 40. The maximum Gasteiger partial charge on any atom is 0.306 e. The Labute approximate surface area is 454 Å². The van der Waals surface area contributed by atoms with Gasteiger partial charge in [0, 0.05) is 19.3 Å². The normalized spacial score (nSPS) is 12.3. The second-order valence-corrected chi connectivity index (χ2v) is 21.7. The number of carbonyl (C=O) groups is 3. The first-order chi connectivity index (χ1) is 36.0. The Balaban J connectivity index is 4.20. The van der Waals surface area contributed by atoms with Gasteiger partial charge in [0.1, 0.15) is 13.2 Å². The lowest BCUT2D eigenvalue weighted by molar-refractivity contribution is -0.167. The quantitative estimate of drug-likeness (QED) is 0.0261. The van der Waals surface area contributed by atoms with Crippen molar-refractivity contribution in [3.63, 3.8) is 0 Å². The molecule has 0 aliphatic heterocycles. The molecule has 0 aliphatic rings. The van der Waals surface area contributed by atoms with Gasteiger partial charge in [-0.2, -0.15) is 0 Å². The Bertz CT molecular complexity index is 1270. The molecule has 73 heavy (non-hydrogen) atoms. The largest absolute Gasteiger partial charge is 0.462 e. The molecule has 0 radical (unpaired) electrons. The third kappa shape index (κ3) is 60.1. The van der Waals surface area contributed by atoms with Crippen LogP contribution in [0.3, 0.4) is 0 Å². The van der Waals surface area contributed by atoms with Gasteiger partial charge in [-0.3, -0.25) is 14.4 Å². The van der Waals surface area contributed by atoms with Crippen molar-refractivity contribution in [2.75, 3.05) is 13.2 Å². The average Bonchev–Trinajstić information content (AvgIpc) is 3.39. The summed E-state index contributed by atoms with van der Waals surface area (Å²) in [4.78, 5) is 38.2. The van der Waals surface area contributed by atoms with Crippen molar-refractivity contribution in [2.24, 2.45) is 0 Å². The van der Waals surface area contributed by atoms with E-state index in [0.29, 0.717) is 19.3 Å². The molecule has 0 aliphatic carbocycles. The molecule has 0 rings (SSSR count). The number of hydrogen-bond acceptors (Lipinski definition) is 6. The van der Waals surface area contributed by atoms with E-state index in [4.69, 9.17) is 14.2 Å².